The van der Waals surface area contributed by atoms with Gasteiger partial charge in [-0.05, 0) is 0 Å². The molecule has 7 heteroatoms. The van der Waals surface area contributed by atoms with Crippen molar-refractivity contribution in [3.05, 3.63) is 0 Å². The van der Waals surface area contributed by atoms with Crippen LogP contribution in [0.25, 0.3) is 0 Å². The van der Waals surface area contributed by atoms with E-state index in [9.17, 15) is 9.59 Å². The van der Waals surface area contributed by atoms with Gasteiger partial charge in [0.15, 0.2) is 0 Å². The molecule has 0 atom stereocenters. The predicted molar refractivity (Wildman–Crippen MR) is 36.6 cm³/mol. The molecule has 0 fully saturated rings. The van der Waals surface area contributed by atoms with Crippen LogP contribution in [0.2, 0.25) is 0 Å². The van der Waals surface area contributed by atoms with Gasteiger partial charge in [-0.3, -0.25) is 0 Å². The first-order valence-corrected chi connectivity index (χ1v) is 3.06. The Balaban J connectivity index is 3.11. The largest absolute Gasteiger partial charge is 0.447 e. The Morgan fingerprint density at radius 2 is 1.92 bits per heavy atom. The highest BCUT2D eigenvalue weighted by atomic mass is 16.7. The summed E-state index contributed by atoms with van der Waals surface area (Å²) >= 11 is 0. The maximum Gasteiger partial charge on any atom is 0.404 e. The average molecular weight is 178 g/mol. The first kappa shape index (κ1) is 10.7. The zero-order valence-electron chi connectivity index (χ0n) is 6.32. The van der Waals surface area contributed by atoms with Gasteiger partial charge < -0.3 is 20.0 Å². The van der Waals surface area contributed by atoms with Crippen LogP contribution in [-0.2, 0) is 19.1 Å². The number of carbonyl (C=O) groups excluding carboxylic acids is 2. The minimum absolute atomic E-state index is 0.00676. The first-order chi connectivity index (χ1) is 5.66. The van der Waals surface area contributed by atoms with Gasteiger partial charge in [-0.1, -0.05) is 0 Å². The lowest BCUT2D eigenvalue weighted by Crippen LogP contribution is -2.20. The van der Waals surface area contributed by atoms with Crippen LogP contribution in [-0.4, -0.2) is 31.9 Å². The third-order valence-corrected chi connectivity index (χ3v) is 0.823. The Morgan fingerprint density at radius 3 is 2.42 bits per heavy atom. The van der Waals surface area contributed by atoms with Gasteiger partial charge in [0.25, 0.3) is 0 Å². The van der Waals surface area contributed by atoms with E-state index in [1.54, 1.807) is 0 Å². The van der Waals surface area contributed by atoms with Gasteiger partial charge in [-0.15, -0.1) is 0 Å². The molecule has 0 spiro atoms. The fraction of sp³-hybridized carbons (Fsp3) is 0.600. The van der Waals surface area contributed by atoms with E-state index in [0.717, 1.165) is 0 Å². The number of ether oxygens (including phenoxy) is 2. The number of carbonyl (C=O) groups is 2. The molecule has 0 unspecified atom stereocenters. The predicted octanol–water partition coefficient (Wildman–Crippen LogP) is -1.48. The Labute approximate surface area is 68.5 Å². The zero-order chi connectivity index (χ0) is 9.40. The molecule has 0 aliphatic carbocycles. The van der Waals surface area contributed by atoms with E-state index >= 15 is 0 Å². The summed E-state index contributed by atoms with van der Waals surface area (Å²) in [5.41, 5.74) is 4.63. The van der Waals surface area contributed by atoms with E-state index in [4.69, 9.17) is 0 Å². The van der Waals surface area contributed by atoms with Crippen LogP contribution in [0.4, 0.5) is 4.79 Å². The highest BCUT2D eigenvalue weighted by Gasteiger charge is 2.00. The summed E-state index contributed by atoms with van der Waals surface area (Å²) in [4.78, 5) is 24.1. The third-order valence-electron chi connectivity index (χ3n) is 0.823. The van der Waals surface area contributed by atoms with E-state index in [0.29, 0.717) is 0 Å². The van der Waals surface area contributed by atoms with Gasteiger partial charge in [0.05, 0.1) is 6.61 Å². The molecule has 70 valence electrons. The van der Waals surface area contributed by atoms with Gasteiger partial charge in [0.2, 0.25) is 0 Å². The molecule has 0 aliphatic rings. The Morgan fingerprint density at radius 1 is 1.25 bits per heavy atom. The summed E-state index contributed by atoms with van der Waals surface area (Å²) in [5, 5.41) is 0. The normalized spacial score (nSPS) is 9.08. The lowest BCUT2D eigenvalue weighted by Gasteiger charge is -2.01. The number of amides is 1. The van der Waals surface area contributed by atoms with Crippen molar-refractivity contribution < 1.29 is 23.9 Å². The molecule has 0 rings (SSSR count). The van der Waals surface area contributed by atoms with Gasteiger partial charge in [0.1, 0.15) is 13.2 Å². The van der Waals surface area contributed by atoms with Crippen LogP contribution in [0.3, 0.4) is 0 Å². The van der Waals surface area contributed by atoms with Crippen LogP contribution < -0.4 is 11.6 Å². The summed E-state index contributed by atoms with van der Waals surface area (Å²) < 4.78 is 8.94. The maximum absolute atomic E-state index is 10.3. The number of hydrogen-bond donors (Lipinski definition) is 2. The monoisotopic (exact) mass is 178 g/mol. The van der Waals surface area contributed by atoms with Gasteiger partial charge >= 0.3 is 12.1 Å². The molecule has 7 nitrogen and oxygen atoms in total. The lowest BCUT2D eigenvalue weighted by molar-refractivity contribution is -0.149. The Hall–Kier alpha value is -1.34. The van der Waals surface area contributed by atoms with Crippen molar-refractivity contribution in [3.63, 3.8) is 0 Å². The minimum Gasteiger partial charge on any atom is -0.447 e. The van der Waals surface area contributed by atoms with Crippen LogP contribution in [0.5, 0.6) is 0 Å². The highest BCUT2D eigenvalue weighted by molar-refractivity contribution is 5.70. The second-order valence-electron chi connectivity index (χ2n) is 1.71. The fourth-order valence-electron chi connectivity index (χ4n) is 0.391. The average Bonchev–Trinajstić information content (AvgIpc) is 2.03. The van der Waals surface area contributed by atoms with Crippen molar-refractivity contribution >= 4 is 12.1 Å². The van der Waals surface area contributed by atoms with Crippen molar-refractivity contribution in [2.45, 2.75) is 0 Å². The minimum atomic E-state index is -0.889. The molecule has 0 saturated heterocycles. The molecule has 0 bridgehead atoms. The number of primary amides is 1. The maximum atomic E-state index is 10.3. The molecule has 0 aromatic rings. The molecular formula is C5H10N2O5. The molecule has 0 aliphatic heterocycles. The van der Waals surface area contributed by atoms with Crippen LogP contribution in [0, 0.1) is 0 Å². The van der Waals surface area contributed by atoms with E-state index in [-0.39, 0.29) is 19.8 Å². The third kappa shape index (κ3) is 6.78. The van der Waals surface area contributed by atoms with Crippen molar-refractivity contribution in [2.75, 3.05) is 19.8 Å². The summed E-state index contributed by atoms with van der Waals surface area (Å²) in [7, 11) is 0. The van der Waals surface area contributed by atoms with E-state index in [2.05, 4.69) is 25.9 Å². The van der Waals surface area contributed by atoms with Crippen molar-refractivity contribution in [1.82, 2.24) is 0 Å². The molecule has 1 amide bonds. The summed E-state index contributed by atoms with van der Waals surface area (Å²) in [6.45, 7) is -0.218. The Kier molecular flexibility index (Phi) is 5.66. The molecule has 4 N–H and O–H groups in total. The number of rotatable bonds is 5. The van der Waals surface area contributed by atoms with E-state index in [1.165, 1.54) is 0 Å². The molecule has 0 aromatic carbocycles. The number of hydrogen-bond acceptors (Lipinski definition) is 6. The zero-order valence-corrected chi connectivity index (χ0v) is 6.32. The second kappa shape index (κ2) is 6.38. The molecule has 0 radical (unpaired) electrons. The topological polar surface area (TPSA) is 114 Å². The van der Waals surface area contributed by atoms with E-state index in [1.807, 2.05) is 0 Å². The van der Waals surface area contributed by atoms with Crippen LogP contribution in [0.15, 0.2) is 0 Å². The van der Waals surface area contributed by atoms with Gasteiger partial charge in [0, 0.05) is 0 Å². The summed E-state index contributed by atoms with van der Waals surface area (Å²) in [5.74, 6) is 3.80. The highest BCUT2D eigenvalue weighted by Crippen LogP contribution is 1.79. The van der Waals surface area contributed by atoms with E-state index < -0.39 is 12.1 Å². The summed E-state index contributed by atoms with van der Waals surface area (Å²) in [6.07, 6.45) is -0.889. The smallest absolute Gasteiger partial charge is 0.404 e. The Bertz CT molecular complexity index is 160. The SMILES string of the molecule is NOC(=O)COCCOC(N)=O. The molecule has 0 saturated carbocycles. The molecule has 12 heavy (non-hydrogen) atoms. The van der Waals surface area contributed by atoms with Gasteiger partial charge in [-0.25, -0.2) is 9.59 Å². The van der Waals surface area contributed by atoms with Gasteiger partial charge in [-0.2, -0.15) is 5.90 Å². The first-order valence-electron chi connectivity index (χ1n) is 3.06. The van der Waals surface area contributed by atoms with Crippen molar-refractivity contribution in [2.24, 2.45) is 11.6 Å². The van der Waals surface area contributed by atoms with Crippen molar-refractivity contribution in [3.8, 4) is 0 Å². The molecule has 0 heterocycles. The standard InChI is InChI=1S/C5H10N2O5/c6-5(9)11-2-1-10-3-4(8)12-7/h1-3,7H2,(H2,6,9). The fourth-order valence-corrected chi connectivity index (χ4v) is 0.391. The lowest BCUT2D eigenvalue weighted by atomic mass is 10.7. The summed E-state index contributed by atoms with van der Waals surface area (Å²) in [6, 6.07) is 0. The second-order valence-corrected chi connectivity index (χ2v) is 1.71. The quantitative estimate of drug-likeness (QED) is 0.391. The van der Waals surface area contributed by atoms with Crippen molar-refractivity contribution in [1.29, 1.82) is 0 Å². The van der Waals surface area contributed by atoms with Crippen LogP contribution in [0.1, 0.15) is 0 Å². The molecule has 0 aromatic heterocycles. The van der Waals surface area contributed by atoms with Crippen LogP contribution >= 0.6 is 0 Å². The number of nitrogens with two attached hydrogens (primary N) is 2. The molecular weight excluding hydrogens is 168 g/mol.